The van der Waals surface area contributed by atoms with Crippen molar-refractivity contribution in [1.82, 2.24) is 35.0 Å². The zero-order valence-corrected chi connectivity index (χ0v) is 10.4. The van der Waals surface area contributed by atoms with Crippen LogP contribution < -0.4 is 0 Å². The van der Waals surface area contributed by atoms with Crippen LogP contribution in [0.25, 0.3) is 0 Å². The van der Waals surface area contributed by atoms with E-state index in [1.165, 1.54) is 22.8 Å². The van der Waals surface area contributed by atoms with Gasteiger partial charge in [-0.3, -0.25) is 4.79 Å². The average molecular weight is 269 g/mol. The van der Waals surface area contributed by atoms with Gasteiger partial charge in [-0.1, -0.05) is 11.8 Å². The Labute approximate surface area is 106 Å². The Morgan fingerprint density at radius 3 is 3.06 bits per heavy atom. The highest BCUT2D eigenvalue weighted by Gasteiger charge is 2.11. The molecule has 0 spiro atoms. The predicted molar refractivity (Wildman–Crippen MR) is 60.7 cm³/mol. The molecular formula is C8H11N7O2S. The van der Waals surface area contributed by atoms with Crippen LogP contribution in [0.2, 0.25) is 0 Å². The molecule has 0 saturated carbocycles. The largest absolute Gasteiger partial charge is 0.480 e. The average Bonchev–Trinajstić information content (AvgIpc) is 2.94. The maximum atomic E-state index is 10.6. The SMILES string of the molecule is CCn1ncnc1CSc1nnnn1CC(=O)O. The van der Waals surface area contributed by atoms with Gasteiger partial charge in [0.1, 0.15) is 18.7 Å². The third-order valence-electron chi connectivity index (χ3n) is 2.11. The molecule has 10 heteroatoms. The lowest BCUT2D eigenvalue weighted by Crippen LogP contribution is -2.11. The summed E-state index contributed by atoms with van der Waals surface area (Å²) in [6, 6.07) is 0. The molecule has 96 valence electrons. The van der Waals surface area contributed by atoms with Gasteiger partial charge in [-0.15, -0.1) is 5.10 Å². The van der Waals surface area contributed by atoms with Crippen molar-refractivity contribution in [1.29, 1.82) is 0 Å². The number of aryl methyl sites for hydroxylation is 1. The molecule has 0 aliphatic rings. The zero-order chi connectivity index (χ0) is 13.0. The highest BCUT2D eigenvalue weighted by atomic mass is 32.2. The van der Waals surface area contributed by atoms with E-state index in [2.05, 4.69) is 25.6 Å². The van der Waals surface area contributed by atoms with Crippen molar-refractivity contribution in [2.75, 3.05) is 0 Å². The van der Waals surface area contributed by atoms with Crippen LogP contribution in [0.4, 0.5) is 0 Å². The summed E-state index contributed by atoms with van der Waals surface area (Å²) in [6.07, 6.45) is 1.49. The lowest BCUT2D eigenvalue weighted by molar-refractivity contribution is -0.138. The molecule has 18 heavy (non-hydrogen) atoms. The van der Waals surface area contributed by atoms with Crippen LogP contribution in [0.15, 0.2) is 11.5 Å². The van der Waals surface area contributed by atoms with Gasteiger partial charge >= 0.3 is 5.97 Å². The summed E-state index contributed by atoms with van der Waals surface area (Å²) in [6.45, 7) is 2.45. The topological polar surface area (TPSA) is 112 Å². The third-order valence-corrected chi connectivity index (χ3v) is 3.06. The van der Waals surface area contributed by atoms with Crippen molar-refractivity contribution in [2.45, 2.75) is 30.9 Å². The number of nitrogens with zero attached hydrogens (tertiary/aromatic N) is 7. The Hall–Kier alpha value is -1.97. The first-order chi connectivity index (χ1) is 8.70. The second-order valence-electron chi connectivity index (χ2n) is 3.29. The van der Waals surface area contributed by atoms with Crippen molar-refractivity contribution in [3.63, 3.8) is 0 Å². The molecule has 2 aromatic heterocycles. The summed E-state index contributed by atoms with van der Waals surface area (Å²) in [4.78, 5) is 14.7. The Morgan fingerprint density at radius 1 is 1.50 bits per heavy atom. The lowest BCUT2D eigenvalue weighted by atomic mass is 10.6. The number of aromatic nitrogens is 7. The van der Waals surface area contributed by atoms with Crippen molar-refractivity contribution < 1.29 is 9.90 Å². The number of carboxylic acid groups (broad SMARTS) is 1. The van der Waals surface area contributed by atoms with Gasteiger partial charge in [-0.2, -0.15) is 5.10 Å². The standard InChI is InChI=1S/C8H11N7O2S/c1-2-14-6(9-5-10-14)4-18-8-11-12-13-15(8)3-7(16)17/h5H,2-4H2,1H3,(H,16,17). The van der Waals surface area contributed by atoms with Gasteiger partial charge in [0.05, 0.1) is 5.75 Å². The van der Waals surface area contributed by atoms with Crippen molar-refractivity contribution >= 4 is 17.7 Å². The fraction of sp³-hybridized carbons (Fsp3) is 0.500. The molecule has 2 rings (SSSR count). The number of hydrogen-bond acceptors (Lipinski definition) is 7. The minimum absolute atomic E-state index is 0.254. The molecule has 0 amide bonds. The van der Waals surface area contributed by atoms with E-state index in [9.17, 15) is 4.79 Å². The molecule has 0 radical (unpaired) electrons. The maximum Gasteiger partial charge on any atom is 0.325 e. The molecule has 0 aliphatic carbocycles. The van der Waals surface area contributed by atoms with E-state index in [-0.39, 0.29) is 6.54 Å². The second-order valence-corrected chi connectivity index (χ2v) is 4.24. The van der Waals surface area contributed by atoms with E-state index < -0.39 is 5.97 Å². The molecule has 9 nitrogen and oxygen atoms in total. The van der Waals surface area contributed by atoms with Crippen LogP contribution in [0, 0.1) is 0 Å². The molecule has 1 N–H and O–H groups in total. The van der Waals surface area contributed by atoms with Crippen LogP contribution in [0.1, 0.15) is 12.7 Å². The van der Waals surface area contributed by atoms with Gasteiger partial charge in [0.15, 0.2) is 0 Å². The number of rotatable bonds is 6. The van der Waals surface area contributed by atoms with E-state index in [0.29, 0.717) is 10.9 Å². The van der Waals surface area contributed by atoms with Gasteiger partial charge < -0.3 is 5.11 Å². The van der Waals surface area contributed by atoms with Crippen molar-refractivity contribution in [2.24, 2.45) is 0 Å². The summed E-state index contributed by atoms with van der Waals surface area (Å²) in [5.41, 5.74) is 0. The van der Waals surface area contributed by atoms with Gasteiger partial charge in [-0.05, 0) is 17.4 Å². The molecule has 0 fully saturated rings. The first-order valence-electron chi connectivity index (χ1n) is 5.18. The van der Waals surface area contributed by atoms with E-state index in [1.54, 1.807) is 4.68 Å². The fourth-order valence-corrected chi connectivity index (χ4v) is 2.15. The summed E-state index contributed by atoms with van der Waals surface area (Å²) in [5, 5.41) is 24.0. The fourth-order valence-electron chi connectivity index (χ4n) is 1.32. The minimum atomic E-state index is -0.985. The second kappa shape index (κ2) is 5.58. The molecule has 0 aliphatic heterocycles. The lowest BCUT2D eigenvalue weighted by Gasteiger charge is -2.02. The minimum Gasteiger partial charge on any atom is -0.480 e. The highest BCUT2D eigenvalue weighted by Crippen LogP contribution is 2.18. The summed E-state index contributed by atoms with van der Waals surface area (Å²) in [7, 11) is 0. The van der Waals surface area contributed by atoms with E-state index in [0.717, 1.165) is 12.4 Å². The summed E-state index contributed by atoms with van der Waals surface area (Å²) < 4.78 is 3.00. The third kappa shape index (κ3) is 2.83. The van der Waals surface area contributed by atoms with Gasteiger partial charge in [0, 0.05) is 6.54 Å². The predicted octanol–water partition coefficient (Wildman–Crippen LogP) is -0.339. The van der Waals surface area contributed by atoms with Crippen LogP contribution in [-0.4, -0.2) is 46.0 Å². The number of thioether (sulfide) groups is 1. The van der Waals surface area contributed by atoms with E-state index in [1.807, 2.05) is 6.92 Å². The van der Waals surface area contributed by atoms with Crippen molar-refractivity contribution in [3.05, 3.63) is 12.2 Å². The monoisotopic (exact) mass is 269 g/mol. The molecule has 0 atom stereocenters. The Balaban J connectivity index is 2.02. The normalized spacial score (nSPS) is 10.7. The molecule has 0 bridgehead atoms. The number of carbonyl (C=O) groups is 1. The van der Waals surface area contributed by atoms with Gasteiger partial charge in [-0.25, -0.2) is 14.3 Å². The smallest absolute Gasteiger partial charge is 0.325 e. The quantitative estimate of drug-likeness (QED) is 0.709. The molecule has 2 aromatic rings. The molecule has 0 saturated heterocycles. The summed E-state index contributed by atoms with van der Waals surface area (Å²) in [5.74, 6) is 0.349. The van der Waals surface area contributed by atoms with Crippen molar-refractivity contribution in [3.8, 4) is 0 Å². The van der Waals surface area contributed by atoms with Crippen LogP contribution >= 0.6 is 11.8 Å². The molecule has 0 aromatic carbocycles. The van der Waals surface area contributed by atoms with E-state index >= 15 is 0 Å². The van der Waals surface area contributed by atoms with Gasteiger partial charge in [0.2, 0.25) is 5.16 Å². The zero-order valence-electron chi connectivity index (χ0n) is 9.59. The Kier molecular flexibility index (Phi) is 3.87. The van der Waals surface area contributed by atoms with Crippen LogP contribution in [0.5, 0.6) is 0 Å². The molecule has 0 unspecified atom stereocenters. The number of carboxylic acids is 1. The number of hydrogen-bond donors (Lipinski definition) is 1. The van der Waals surface area contributed by atoms with Crippen LogP contribution in [-0.2, 0) is 23.6 Å². The van der Waals surface area contributed by atoms with Gasteiger partial charge in [0.25, 0.3) is 0 Å². The Morgan fingerprint density at radius 2 is 2.33 bits per heavy atom. The maximum absolute atomic E-state index is 10.6. The first-order valence-corrected chi connectivity index (χ1v) is 6.16. The molecule has 2 heterocycles. The molecular weight excluding hydrogens is 258 g/mol. The number of aliphatic carboxylic acids is 1. The Bertz CT molecular complexity index is 537. The first kappa shape index (κ1) is 12.5. The summed E-state index contributed by atoms with van der Waals surface area (Å²) >= 11 is 1.32. The highest BCUT2D eigenvalue weighted by molar-refractivity contribution is 7.98. The van der Waals surface area contributed by atoms with Crippen LogP contribution in [0.3, 0.4) is 0 Å². The van der Waals surface area contributed by atoms with E-state index in [4.69, 9.17) is 5.11 Å². The number of tetrazole rings is 1.